The number of carbonyl (C=O) groups excluding carboxylic acids is 1. The lowest BCUT2D eigenvalue weighted by atomic mass is 9.88. The van der Waals surface area contributed by atoms with E-state index in [4.69, 9.17) is 17.3 Å². The molecule has 0 aliphatic heterocycles. The van der Waals surface area contributed by atoms with Gasteiger partial charge in [-0.05, 0) is 47.0 Å². The number of hydrogen-bond acceptors (Lipinski definition) is 2. The molecular formula is C13H19BrCl2N2O. The van der Waals surface area contributed by atoms with E-state index in [1.807, 2.05) is 20.8 Å². The van der Waals surface area contributed by atoms with E-state index < -0.39 is 5.54 Å². The van der Waals surface area contributed by atoms with E-state index in [0.717, 1.165) is 0 Å². The van der Waals surface area contributed by atoms with E-state index in [2.05, 4.69) is 21.2 Å². The zero-order chi connectivity index (χ0) is 13.9. The SMILES string of the molecule is CC(C)C(C)(CN)NC(=O)c1ccc(Cl)c(Br)c1.Cl. The number of nitrogens with two attached hydrogens (primary N) is 1. The molecule has 1 amide bonds. The van der Waals surface area contributed by atoms with Gasteiger partial charge in [0.2, 0.25) is 0 Å². The van der Waals surface area contributed by atoms with Gasteiger partial charge in [-0.15, -0.1) is 12.4 Å². The molecule has 0 saturated heterocycles. The normalized spacial score (nSPS) is 13.6. The highest BCUT2D eigenvalue weighted by molar-refractivity contribution is 9.10. The van der Waals surface area contributed by atoms with Crippen molar-refractivity contribution in [3.05, 3.63) is 33.3 Å². The molecular weight excluding hydrogens is 351 g/mol. The van der Waals surface area contributed by atoms with Crippen molar-refractivity contribution in [2.45, 2.75) is 26.3 Å². The minimum absolute atomic E-state index is 0. The van der Waals surface area contributed by atoms with E-state index in [0.29, 0.717) is 21.6 Å². The molecule has 0 bridgehead atoms. The van der Waals surface area contributed by atoms with Gasteiger partial charge in [-0.3, -0.25) is 4.79 Å². The summed E-state index contributed by atoms with van der Waals surface area (Å²) in [5, 5.41) is 3.56. The quantitative estimate of drug-likeness (QED) is 0.851. The zero-order valence-electron chi connectivity index (χ0n) is 11.2. The topological polar surface area (TPSA) is 55.1 Å². The molecule has 0 aliphatic carbocycles. The molecule has 19 heavy (non-hydrogen) atoms. The van der Waals surface area contributed by atoms with Crippen LogP contribution in [0, 0.1) is 5.92 Å². The average molecular weight is 370 g/mol. The molecule has 3 nitrogen and oxygen atoms in total. The smallest absolute Gasteiger partial charge is 0.251 e. The molecule has 1 aromatic rings. The van der Waals surface area contributed by atoms with Crippen LogP contribution in [0.5, 0.6) is 0 Å². The van der Waals surface area contributed by atoms with Gasteiger partial charge in [0.15, 0.2) is 0 Å². The van der Waals surface area contributed by atoms with Gasteiger partial charge in [-0.25, -0.2) is 0 Å². The van der Waals surface area contributed by atoms with Crippen LogP contribution >= 0.6 is 39.9 Å². The molecule has 0 heterocycles. The van der Waals surface area contributed by atoms with Crippen molar-refractivity contribution < 1.29 is 4.79 Å². The summed E-state index contributed by atoms with van der Waals surface area (Å²) in [6.45, 7) is 6.40. The van der Waals surface area contributed by atoms with Gasteiger partial charge in [-0.1, -0.05) is 25.4 Å². The molecule has 0 spiro atoms. The fourth-order valence-corrected chi connectivity index (χ4v) is 1.90. The highest BCUT2D eigenvalue weighted by atomic mass is 79.9. The second-order valence-corrected chi connectivity index (χ2v) is 6.12. The average Bonchev–Trinajstić information content (AvgIpc) is 2.32. The monoisotopic (exact) mass is 368 g/mol. The van der Waals surface area contributed by atoms with Crippen LogP contribution in [0.1, 0.15) is 31.1 Å². The van der Waals surface area contributed by atoms with Crippen molar-refractivity contribution in [3.63, 3.8) is 0 Å². The molecule has 1 unspecified atom stereocenters. The maximum absolute atomic E-state index is 12.2. The van der Waals surface area contributed by atoms with Crippen LogP contribution in [0.2, 0.25) is 5.02 Å². The maximum atomic E-state index is 12.2. The largest absolute Gasteiger partial charge is 0.345 e. The van der Waals surface area contributed by atoms with Crippen LogP contribution in [0.15, 0.2) is 22.7 Å². The lowest BCUT2D eigenvalue weighted by Gasteiger charge is -2.33. The third-order valence-electron chi connectivity index (χ3n) is 3.28. The maximum Gasteiger partial charge on any atom is 0.251 e. The number of halogens is 3. The highest BCUT2D eigenvalue weighted by Gasteiger charge is 2.28. The molecule has 0 saturated carbocycles. The molecule has 3 N–H and O–H groups in total. The Morgan fingerprint density at radius 2 is 2.11 bits per heavy atom. The predicted octanol–water partition coefficient (Wildman–Crippen LogP) is 3.63. The van der Waals surface area contributed by atoms with Gasteiger partial charge < -0.3 is 11.1 Å². The van der Waals surface area contributed by atoms with Gasteiger partial charge in [0, 0.05) is 16.6 Å². The first-order chi connectivity index (χ1) is 8.30. The summed E-state index contributed by atoms with van der Waals surface area (Å²) in [6, 6.07) is 5.09. The Labute approximate surface area is 133 Å². The van der Waals surface area contributed by atoms with Gasteiger partial charge in [0.1, 0.15) is 0 Å². The summed E-state index contributed by atoms with van der Waals surface area (Å²) in [7, 11) is 0. The number of rotatable bonds is 4. The summed E-state index contributed by atoms with van der Waals surface area (Å²) >= 11 is 9.20. The number of hydrogen-bond donors (Lipinski definition) is 2. The Balaban J connectivity index is 0.00000324. The van der Waals surface area contributed by atoms with Crippen molar-refractivity contribution in [2.24, 2.45) is 11.7 Å². The fourth-order valence-electron chi connectivity index (χ4n) is 1.40. The number of benzene rings is 1. The molecule has 1 atom stereocenters. The first kappa shape index (κ1) is 18.7. The Morgan fingerprint density at radius 3 is 2.53 bits per heavy atom. The summed E-state index contributed by atoms with van der Waals surface area (Å²) < 4.78 is 0.704. The van der Waals surface area contributed by atoms with E-state index in [1.165, 1.54) is 0 Å². The van der Waals surface area contributed by atoms with Crippen LogP contribution in [0.25, 0.3) is 0 Å². The van der Waals surface area contributed by atoms with Crippen molar-refractivity contribution >= 4 is 45.8 Å². The third kappa shape index (κ3) is 4.63. The summed E-state index contributed by atoms with van der Waals surface area (Å²) in [5.41, 5.74) is 5.89. The van der Waals surface area contributed by atoms with E-state index in [9.17, 15) is 4.79 Å². The van der Waals surface area contributed by atoms with Crippen LogP contribution in [-0.2, 0) is 0 Å². The van der Waals surface area contributed by atoms with E-state index in [1.54, 1.807) is 18.2 Å². The zero-order valence-corrected chi connectivity index (χ0v) is 14.3. The van der Waals surface area contributed by atoms with Gasteiger partial charge >= 0.3 is 0 Å². The lowest BCUT2D eigenvalue weighted by Crippen LogP contribution is -2.55. The van der Waals surface area contributed by atoms with Gasteiger partial charge in [-0.2, -0.15) is 0 Å². The molecule has 0 fully saturated rings. The van der Waals surface area contributed by atoms with Crippen molar-refractivity contribution in [1.29, 1.82) is 0 Å². The second kappa shape index (κ2) is 7.48. The van der Waals surface area contributed by atoms with Crippen LogP contribution < -0.4 is 11.1 Å². The molecule has 0 aliphatic rings. The third-order valence-corrected chi connectivity index (χ3v) is 4.49. The Bertz CT molecular complexity index is 454. The van der Waals surface area contributed by atoms with Gasteiger partial charge in [0.05, 0.1) is 10.6 Å². The predicted molar refractivity (Wildman–Crippen MR) is 86.2 cm³/mol. The second-order valence-electron chi connectivity index (χ2n) is 4.86. The van der Waals surface area contributed by atoms with E-state index in [-0.39, 0.29) is 24.2 Å². The molecule has 0 radical (unpaired) electrons. The fraction of sp³-hybridized carbons (Fsp3) is 0.462. The Hall–Kier alpha value is -0.290. The van der Waals surface area contributed by atoms with Crippen molar-refractivity contribution in [3.8, 4) is 0 Å². The number of nitrogens with one attached hydrogen (secondary N) is 1. The molecule has 0 aromatic heterocycles. The summed E-state index contributed by atoms with van der Waals surface area (Å²) in [6.07, 6.45) is 0. The Kier molecular flexibility index (Phi) is 7.37. The van der Waals surface area contributed by atoms with E-state index >= 15 is 0 Å². The summed E-state index contributed by atoms with van der Waals surface area (Å²) in [5.74, 6) is 0.108. The first-order valence-corrected chi connectivity index (χ1v) is 6.95. The van der Waals surface area contributed by atoms with Gasteiger partial charge in [0.25, 0.3) is 5.91 Å². The minimum Gasteiger partial charge on any atom is -0.345 e. The van der Waals surface area contributed by atoms with Crippen molar-refractivity contribution in [2.75, 3.05) is 6.54 Å². The highest BCUT2D eigenvalue weighted by Crippen LogP contribution is 2.24. The molecule has 1 rings (SSSR count). The summed E-state index contributed by atoms with van der Waals surface area (Å²) in [4.78, 5) is 12.2. The van der Waals surface area contributed by atoms with Crippen molar-refractivity contribution in [1.82, 2.24) is 5.32 Å². The molecule has 1 aromatic carbocycles. The van der Waals surface area contributed by atoms with Crippen LogP contribution in [0.3, 0.4) is 0 Å². The van der Waals surface area contributed by atoms with Crippen LogP contribution in [0.4, 0.5) is 0 Å². The van der Waals surface area contributed by atoms with Crippen LogP contribution in [-0.4, -0.2) is 18.0 Å². The number of amides is 1. The lowest BCUT2D eigenvalue weighted by molar-refractivity contribution is 0.0883. The Morgan fingerprint density at radius 1 is 1.53 bits per heavy atom. The minimum atomic E-state index is -0.413. The number of carbonyl (C=O) groups is 1. The first-order valence-electron chi connectivity index (χ1n) is 5.78. The molecule has 108 valence electrons. The molecule has 6 heteroatoms. The standard InChI is InChI=1S/C13H18BrClN2O.ClH/c1-8(2)13(3,7-16)17-12(18)9-4-5-11(15)10(14)6-9;/h4-6,8H,7,16H2,1-3H3,(H,17,18);1H.